The Morgan fingerprint density at radius 2 is 2.00 bits per heavy atom. The second-order valence-corrected chi connectivity index (χ2v) is 6.19. The van der Waals surface area contributed by atoms with Crippen LogP contribution in [-0.4, -0.2) is 39.6 Å². The number of hydrogen-bond donors (Lipinski definition) is 1. The van der Waals surface area contributed by atoms with Gasteiger partial charge in [-0.15, -0.1) is 10.2 Å². The van der Waals surface area contributed by atoms with E-state index >= 15 is 0 Å². The SMILES string of the molecule is COc1cc(Cl)cc(/C=N/n2c(SC)nnc2-c2ccccc2)c1O. The summed E-state index contributed by atoms with van der Waals surface area (Å²) < 4.78 is 6.73. The minimum absolute atomic E-state index is 0.0318. The van der Waals surface area contributed by atoms with Crippen LogP contribution >= 0.6 is 23.4 Å². The summed E-state index contributed by atoms with van der Waals surface area (Å²) >= 11 is 7.48. The number of benzene rings is 2. The third-order valence-electron chi connectivity index (χ3n) is 3.43. The number of phenols is 1. The Morgan fingerprint density at radius 3 is 2.68 bits per heavy atom. The van der Waals surface area contributed by atoms with Gasteiger partial charge < -0.3 is 9.84 Å². The van der Waals surface area contributed by atoms with E-state index in [2.05, 4.69) is 15.3 Å². The number of nitrogens with zero attached hydrogens (tertiary/aromatic N) is 4. The maximum Gasteiger partial charge on any atom is 0.212 e. The van der Waals surface area contributed by atoms with Gasteiger partial charge in [-0.05, 0) is 12.3 Å². The van der Waals surface area contributed by atoms with Crippen molar-refractivity contribution in [1.82, 2.24) is 14.9 Å². The monoisotopic (exact) mass is 374 g/mol. The van der Waals surface area contributed by atoms with Crippen molar-refractivity contribution in [3.63, 3.8) is 0 Å². The number of phenolic OH excluding ortho intramolecular Hbond substituents is 1. The molecule has 0 aliphatic carbocycles. The highest BCUT2D eigenvalue weighted by molar-refractivity contribution is 7.98. The molecule has 1 aromatic heterocycles. The molecule has 0 aliphatic rings. The lowest BCUT2D eigenvalue weighted by molar-refractivity contribution is 0.373. The molecule has 0 bridgehead atoms. The van der Waals surface area contributed by atoms with E-state index in [1.807, 2.05) is 36.6 Å². The Bertz CT molecular complexity index is 913. The highest BCUT2D eigenvalue weighted by Gasteiger charge is 2.13. The summed E-state index contributed by atoms with van der Waals surface area (Å²) in [6.45, 7) is 0. The van der Waals surface area contributed by atoms with Gasteiger partial charge in [-0.25, -0.2) is 0 Å². The summed E-state index contributed by atoms with van der Waals surface area (Å²) in [7, 11) is 1.46. The summed E-state index contributed by atoms with van der Waals surface area (Å²) in [6.07, 6.45) is 3.39. The van der Waals surface area contributed by atoms with Crippen molar-refractivity contribution >= 4 is 29.6 Å². The van der Waals surface area contributed by atoms with Crippen LogP contribution in [0.4, 0.5) is 0 Å². The third kappa shape index (κ3) is 3.62. The van der Waals surface area contributed by atoms with Gasteiger partial charge >= 0.3 is 0 Å². The third-order valence-corrected chi connectivity index (χ3v) is 4.27. The number of halogens is 1. The standard InChI is InChI=1S/C17H15ClN4O2S/c1-24-14-9-13(18)8-12(15(14)23)10-19-22-16(20-21-17(22)25-2)11-6-4-3-5-7-11/h3-10,23H,1-2H3/b19-10+. The zero-order valence-electron chi connectivity index (χ0n) is 13.5. The van der Waals surface area contributed by atoms with Crippen molar-refractivity contribution in [2.45, 2.75) is 5.16 Å². The van der Waals surface area contributed by atoms with Crippen molar-refractivity contribution in [3.05, 3.63) is 53.1 Å². The van der Waals surface area contributed by atoms with Gasteiger partial charge in [-0.1, -0.05) is 53.7 Å². The molecule has 0 atom stereocenters. The molecule has 25 heavy (non-hydrogen) atoms. The first kappa shape index (κ1) is 17.3. The van der Waals surface area contributed by atoms with Crippen molar-refractivity contribution in [2.24, 2.45) is 5.10 Å². The molecule has 6 nitrogen and oxygen atoms in total. The van der Waals surface area contributed by atoms with Gasteiger partial charge in [-0.2, -0.15) is 9.78 Å². The Labute approximate surface area is 154 Å². The van der Waals surface area contributed by atoms with E-state index in [-0.39, 0.29) is 11.5 Å². The van der Waals surface area contributed by atoms with Crippen molar-refractivity contribution in [1.29, 1.82) is 0 Å². The number of thioether (sulfide) groups is 1. The van der Waals surface area contributed by atoms with E-state index in [9.17, 15) is 5.11 Å². The molecule has 3 aromatic rings. The maximum absolute atomic E-state index is 10.2. The molecule has 0 unspecified atom stereocenters. The summed E-state index contributed by atoms with van der Waals surface area (Å²) in [5.74, 6) is 0.858. The smallest absolute Gasteiger partial charge is 0.212 e. The van der Waals surface area contributed by atoms with E-state index in [1.54, 1.807) is 10.7 Å². The van der Waals surface area contributed by atoms with E-state index in [0.29, 0.717) is 21.6 Å². The zero-order valence-corrected chi connectivity index (χ0v) is 15.1. The quantitative estimate of drug-likeness (QED) is 0.541. The molecular formula is C17H15ClN4O2S. The molecule has 1 heterocycles. The largest absolute Gasteiger partial charge is 0.504 e. The normalized spacial score (nSPS) is 11.2. The summed E-state index contributed by atoms with van der Waals surface area (Å²) in [4.78, 5) is 0. The molecule has 0 radical (unpaired) electrons. The second-order valence-electron chi connectivity index (χ2n) is 4.98. The topological polar surface area (TPSA) is 72.5 Å². The molecule has 128 valence electrons. The Balaban J connectivity index is 2.05. The molecule has 1 N–H and O–H groups in total. The van der Waals surface area contributed by atoms with Gasteiger partial charge in [0.05, 0.1) is 13.3 Å². The van der Waals surface area contributed by atoms with Crippen molar-refractivity contribution in [3.8, 4) is 22.9 Å². The van der Waals surface area contributed by atoms with Crippen molar-refractivity contribution in [2.75, 3.05) is 13.4 Å². The van der Waals surface area contributed by atoms with E-state index in [4.69, 9.17) is 16.3 Å². The van der Waals surface area contributed by atoms with E-state index in [0.717, 1.165) is 5.56 Å². The number of methoxy groups -OCH3 is 1. The molecule has 3 rings (SSSR count). The Morgan fingerprint density at radius 1 is 1.24 bits per heavy atom. The highest BCUT2D eigenvalue weighted by Crippen LogP contribution is 2.32. The number of ether oxygens (including phenoxy) is 1. The average molecular weight is 375 g/mol. The predicted molar refractivity (Wildman–Crippen MR) is 99.9 cm³/mol. The Hall–Kier alpha value is -2.51. The second kappa shape index (κ2) is 7.58. The molecule has 0 saturated heterocycles. The zero-order chi connectivity index (χ0) is 17.8. The maximum atomic E-state index is 10.2. The molecule has 0 aliphatic heterocycles. The van der Waals surface area contributed by atoms with Crippen LogP contribution in [0.2, 0.25) is 5.02 Å². The predicted octanol–water partition coefficient (Wildman–Crippen LogP) is 3.92. The summed E-state index contributed by atoms with van der Waals surface area (Å²) in [6, 6.07) is 12.8. The highest BCUT2D eigenvalue weighted by atomic mass is 35.5. The lowest BCUT2D eigenvalue weighted by atomic mass is 10.2. The fraction of sp³-hybridized carbons (Fsp3) is 0.118. The van der Waals surface area contributed by atoms with Gasteiger partial charge in [0.15, 0.2) is 17.3 Å². The Kier molecular flexibility index (Phi) is 5.25. The van der Waals surface area contributed by atoms with Crippen molar-refractivity contribution < 1.29 is 9.84 Å². The fourth-order valence-electron chi connectivity index (χ4n) is 2.23. The van der Waals surface area contributed by atoms with Crippen LogP contribution < -0.4 is 4.74 Å². The first-order valence-electron chi connectivity index (χ1n) is 7.29. The van der Waals surface area contributed by atoms with Crippen LogP contribution in [0.1, 0.15) is 5.56 Å². The molecule has 0 spiro atoms. The number of rotatable bonds is 5. The van der Waals surface area contributed by atoms with Crippen LogP contribution in [0, 0.1) is 0 Å². The lowest BCUT2D eigenvalue weighted by Crippen LogP contribution is -1.97. The molecule has 0 amide bonds. The molecule has 8 heteroatoms. The van der Waals surface area contributed by atoms with Crippen LogP contribution in [-0.2, 0) is 0 Å². The molecule has 0 fully saturated rings. The average Bonchev–Trinajstić information content (AvgIpc) is 3.05. The van der Waals surface area contributed by atoms with Gasteiger partial charge in [-0.3, -0.25) is 0 Å². The van der Waals surface area contributed by atoms with Crippen LogP contribution in [0.15, 0.2) is 52.7 Å². The minimum Gasteiger partial charge on any atom is -0.504 e. The van der Waals surface area contributed by atoms with Gasteiger partial charge in [0.2, 0.25) is 5.16 Å². The van der Waals surface area contributed by atoms with E-state index < -0.39 is 0 Å². The number of aromatic nitrogens is 3. The summed E-state index contributed by atoms with van der Waals surface area (Å²) in [5.41, 5.74) is 1.32. The molecule has 2 aromatic carbocycles. The number of aromatic hydroxyl groups is 1. The van der Waals surface area contributed by atoms with Crippen LogP contribution in [0.5, 0.6) is 11.5 Å². The van der Waals surface area contributed by atoms with E-state index in [1.165, 1.54) is 31.2 Å². The first-order chi connectivity index (χ1) is 12.1. The first-order valence-corrected chi connectivity index (χ1v) is 8.90. The summed E-state index contributed by atoms with van der Waals surface area (Å²) in [5, 5.41) is 24.1. The number of hydrogen-bond acceptors (Lipinski definition) is 6. The van der Waals surface area contributed by atoms with Gasteiger partial charge in [0, 0.05) is 22.2 Å². The molecule has 0 saturated carbocycles. The van der Waals surface area contributed by atoms with Crippen LogP contribution in [0.25, 0.3) is 11.4 Å². The van der Waals surface area contributed by atoms with Gasteiger partial charge in [0.25, 0.3) is 0 Å². The molecular weight excluding hydrogens is 360 g/mol. The minimum atomic E-state index is -0.0318. The van der Waals surface area contributed by atoms with Gasteiger partial charge in [0.1, 0.15) is 0 Å². The fourth-order valence-corrected chi connectivity index (χ4v) is 2.88. The lowest BCUT2D eigenvalue weighted by Gasteiger charge is -2.07. The van der Waals surface area contributed by atoms with Crippen LogP contribution in [0.3, 0.4) is 0 Å².